The number of anilines is 6. The van der Waals surface area contributed by atoms with E-state index in [1.807, 2.05) is 62.6 Å². The van der Waals surface area contributed by atoms with Gasteiger partial charge in [-0.25, -0.2) is 0 Å². The van der Waals surface area contributed by atoms with Gasteiger partial charge in [0.1, 0.15) is 0 Å². The smallest absolute Gasteiger partial charge is 0.0541 e. The van der Waals surface area contributed by atoms with E-state index < -0.39 is 0 Å². The van der Waals surface area contributed by atoms with Gasteiger partial charge in [-0.2, -0.15) is 0 Å². The van der Waals surface area contributed by atoms with Gasteiger partial charge in [-0.05, 0) is 128 Å². The van der Waals surface area contributed by atoms with Gasteiger partial charge in [0.25, 0.3) is 0 Å². The molecular formula is C33H59N11OP6. The van der Waals surface area contributed by atoms with E-state index in [2.05, 4.69) is 69.9 Å². The zero-order valence-electron chi connectivity index (χ0n) is 29.4. The molecule has 0 aliphatic heterocycles. The second-order valence-electron chi connectivity index (χ2n) is 8.57. The van der Waals surface area contributed by atoms with E-state index in [9.17, 15) is 0 Å². The molecule has 2 aliphatic carbocycles. The first kappa shape index (κ1) is 57.0. The first-order valence-corrected chi connectivity index (χ1v) is 22.3. The maximum Gasteiger partial charge on any atom is 0.0541 e. The van der Waals surface area contributed by atoms with Gasteiger partial charge < -0.3 is 66.4 Å². The summed E-state index contributed by atoms with van der Waals surface area (Å²) in [7, 11) is 19.3. The number of rotatable bonds is 2. The fraction of sp³-hybridized carbons (Fsp3) is 0.0909. The van der Waals surface area contributed by atoms with E-state index in [0.717, 1.165) is 34.1 Å². The highest BCUT2D eigenvalue weighted by Gasteiger charge is 1.92. The van der Waals surface area contributed by atoms with Crippen molar-refractivity contribution >= 4 is 111 Å². The fourth-order valence-electron chi connectivity index (χ4n) is 2.74. The van der Waals surface area contributed by atoms with E-state index >= 15 is 0 Å². The van der Waals surface area contributed by atoms with Gasteiger partial charge in [-0.3, -0.25) is 0 Å². The van der Waals surface area contributed by atoms with Crippen LogP contribution < -0.4 is 39.3 Å². The monoisotopic (exact) mass is 811 g/mol. The number of hydrogen-bond donors (Lipinski definition) is 11. The van der Waals surface area contributed by atoms with E-state index in [4.69, 9.17) is 44.6 Å². The lowest BCUT2D eigenvalue weighted by molar-refractivity contribution is 0.824. The maximum atomic E-state index is 7.01. The molecule has 0 fully saturated rings. The standard InChI is InChI=1S/2C7H10N2.C6H8N2.2C6H6N2.CH5N.H2O.3H4P2/c2*1-9-7-4-2-6(8)3-5-7;3*7-5-1-2-6(8)4-3-5;1-2;;3*1-2/h2*2-5,9H,8H2,1H3;1-4H,7-8H2;2*1-4,7-8H;2H2,1H3;1H2;3*1-2H2. The lowest BCUT2D eigenvalue weighted by atomic mass is 10.2. The minimum absolute atomic E-state index is 0. The minimum atomic E-state index is 0. The molecule has 6 unspecified atom stereocenters. The van der Waals surface area contributed by atoms with Crippen molar-refractivity contribution in [1.29, 1.82) is 21.6 Å². The molecule has 0 amide bonds. The number of benzene rings is 3. The topological polar surface area (TPSA) is 281 Å². The Labute approximate surface area is 318 Å². The summed E-state index contributed by atoms with van der Waals surface area (Å²) in [4.78, 5) is 0. The van der Waals surface area contributed by atoms with Crippen molar-refractivity contribution in [3.8, 4) is 0 Å². The largest absolute Gasteiger partial charge is 0.412 e. The minimum Gasteiger partial charge on any atom is -0.412 e. The number of hydrogen-bond acceptors (Lipinski definition) is 11. The summed E-state index contributed by atoms with van der Waals surface area (Å²) in [5.74, 6) is 0. The molecule has 5 rings (SSSR count). The quantitative estimate of drug-likeness (QED) is 0.0777. The number of nitrogen functional groups attached to an aromatic ring is 4. The second-order valence-corrected chi connectivity index (χ2v) is 8.57. The summed E-state index contributed by atoms with van der Waals surface area (Å²) in [6.45, 7) is 0. The number of nitrogens with two attached hydrogens (primary N) is 5. The van der Waals surface area contributed by atoms with Crippen LogP contribution in [0.1, 0.15) is 0 Å². The molecule has 3 aromatic rings. The van der Waals surface area contributed by atoms with Crippen molar-refractivity contribution in [2.75, 3.05) is 54.7 Å². The molecular weight excluding hydrogens is 752 g/mol. The molecule has 0 radical (unpaired) electrons. The lowest BCUT2D eigenvalue weighted by Gasteiger charge is -1.97. The molecule has 6 atom stereocenters. The van der Waals surface area contributed by atoms with Crippen LogP contribution in [0.5, 0.6) is 0 Å². The highest BCUT2D eigenvalue weighted by atomic mass is 32.0. The molecule has 0 spiro atoms. The van der Waals surface area contributed by atoms with Gasteiger partial charge in [-0.1, -0.05) is 0 Å². The van der Waals surface area contributed by atoms with Gasteiger partial charge in [0.2, 0.25) is 0 Å². The van der Waals surface area contributed by atoms with Crippen molar-refractivity contribution in [2.24, 2.45) is 5.73 Å². The highest BCUT2D eigenvalue weighted by molar-refractivity contribution is 7.92. The third kappa shape index (κ3) is 36.2. The van der Waals surface area contributed by atoms with Gasteiger partial charge in [0, 0.05) is 48.2 Å². The molecule has 18 heteroatoms. The van der Waals surface area contributed by atoms with E-state index in [1.54, 1.807) is 72.9 Å². The molecule has 0 bridgehead atoms. The van der Waals surface area contributed by atoms with Gasteiger partial charge in [0.15, 0.2) is 0 Å². The zero-order valence-corrected chi connectivity index (χ0v) is 36.3. The van der Waals surface area contributed by atoms with Crippen LogP contribution >= 0.6 is 53.6 Å². The third-order valence-electron chi connectivity index (χ3n) is 5.10. The molecule has 2 aliphatic rings. The van der Waals surface area contributed by atoms with Crippen LogP contribution in [0.25, 0.3) is 0 Å². The Bertz CT molecular complexity index is 1260. The normalized spacial score (nSPS) is 10.5. The summed E-state index contributed by atoms with van der Waals surface area (Å²) in [6, 6.07) is 22.3. The molecule has 18 N–H and O–H groups in total. The molecule has 0 heterocycles. The lowest BCUT2D eigenvalue weighted by Crippen LogP contribution is -1.95. The van der Waals surface area contributed by atoms with E-state index in [0.29, 0.717) is 22.8 Å². The highest BCUT2D eigenvalue weighted by Crippen LogP contribution is 2.09. The number of nitrogens with one attached hydrogen (secondary N) is 6. The Balaban J connectivity index is -0.000000164. The second kappa shape index (κ2) is 41.0. The molecule has 0 aromatic heterocycles. The van der Waals surface area contributed by atoms with Gasteiger partial charge in [-0.15, -0.1) is 53.6 Å². The Morgan fingerprint density at radius 2 is 0.510 bits per heavy atom. The summed E-state index contributed by atoms with van der Waals surface area (Å²) in [5.41, 5.74) is 33.3. The van der Waals surface area contributed by atoms with Crippen molar-refractivity contribution < 1.29 is 5.48 Å². The summed E-state index contributed by atoms with van der Waals surface area (Å²) < 4.78 is 0. The summed E-state index contributed by atoms with van der Waals surface area (Å²) >= 11 is 0. The SMILES string of the molecule is CN.CNc1ccc(N)cc1.CNc1ccc(N)cc1.N=C1C=CC(=N)C=C1.N=C1C=CC(=N)C=C1.Nc1ccc(N)cc1.O.PP.PP.PP. The molecule has 3 aromatic carbocycles. The Hall–Kier alpha value is -3.40. The Morgan fingerprint density at radius 3 is 0.647 bits per heavy atom. The van der Waals surface area contributed by atoms with Crippen LogP contribution in [0, 0.1) is 21.6 Å². The Morgan fingerprint density at radius 1 is 0.373 bits per heavy atom. The zero-order chi connectivity index (χ0) is 39.3. The van der Waals surface area contributed by atoms with Crippen LogP contribution in [0.3, 0.4) is 0 Å². The predicted octanol–water partition coefficient (Wildman–Crippen LogP) is 6.48. The van der Waals surface area contributed by atoms with Crippen LogP contribution in [0.4, 0.5) is 34.1 Å². The molecule has 0 saturated heterocycles. The van der Waals surface area contributed by atoms with Crippen LogP contribution in [-0.2, 0) is 0 Å². The number of allylic oxidation sites excluding steroid dienone is 8. The predicted molar refractivity (Wildman–Crippen MR) is 256 cm³/mol. The van der Waals surface area contributed by atoms with Crippen molar-refractivity contribution in [1.82, 2.24) is 0 Å². The maximum absolute atomic E-state index is 7.01. The average Bonchev–Trinajstić information content (AvgIpc) is 3.17. The third-order valence-corrected chi connectivity index (χ3v) is 5.10. The van der Waals surface area contributed by atoms with Crippen molar-refractivity contribution in [2.45, 2.75) is 0 Å². The average molecular weight is 812 g/mol. The van der Waals surface area contributed by atoms with Crippen molar-refractivity contribution in [3.63, 3.8) is 0 Å². The molecule has 0 saturated carbocycles. The first-order valence-electron chi connectivity index (χ1n) is 14.3. The summed E-state index contributed by atoms with van der Waals surface area (Å²) in [5, 5.41) is 34.0. The summed E-state index contributed by atoms with van der Waals surface area (Å²) in [6.07, 6.45) is 12.8. The van der Waals surface area contributed by atoms with Crippen LogP contribution in [0.2, 0.25) is 0 Å². The fourth-order valence-corrected chi connectivity index (χ4v) is 2.74. The molecule has 51 heavy (non-hydrogen) atoms. The van der Waals surface area contributed by atoms with E-state index in [1.165, 1.54) is 7.05 Å². The van der Waals surface area contributed by atoms with Crippen LogP contribution in [-0.4, -0.2) is 49.5 Å². The Kier molecular flexibility index (Phi) is 45.8. The molecule has 282 valence electrons. The molecule has 12 nitrogen and oxygen atoms in total. The van der Waals surface area contributed by atoms with Crippen molar-refractivity contribution in [3.05, 3.63) is 121 Å². The van der Waals surface area contributed by atoms with Gasteiger partial charge >= 0.3 is 0 Å². The van der Waals surface area contributed by atoms with Gasteiger partial charge in [0.05, 0.1) is 22.8 Å². The first-order chi connectivity index (χ1) is 24.0. The van der Waals surface area contributed by atoms with E-state index in [-0.39, 0.29) is 5.48 Å². The van der Waals surface area contributed by atoms with Crippen LogP contribution in [0.15, 0.2) is 121 Å².